The van der Waals surface area contributed by atoms with Crippen LogP contribution in [0.1, 0.15) is 20.9 Å². The first-order chi connectivity index (χ1) is 13.9. The van der Waals surface area contributed by atoms with E-state index in [1.54, 1.807) is 42.7 Å². The van der Waals surface area contributed by atoms with Crippen molar-refractivity contribution in [2.24, 2.45) is 0 Å². The van der Waals surface area contributed by atoms with Gasteiger partial charge in [-0.2, -0.15) is 11.3 Å². The van der Waals surface area contributed by atoms with Crippen LogP contribution in [0.2, 0.25) is 0 Å². The van der Waals surface area contributed by atoms with E-state index in [4.69, 9.17) is 0 Å². The fourth-order valence-corrected chi connectivity index (χ4v) is 5.09. The molecule has 0 spiro atoms. The Labute approximate surface area is 177 Å². The molecule has 0 fully saturated rings. The van der Waals surface area contributed by atoms with E-state index in [1.807, 2.05) is 16.8 Å². The van der Waals surface area contributed by atoms with E-state index in [2.05, 4.69) is 15.3 Å². The summed E-state index contributed by atoms with van der Waals surface area (Å²) in [4.78, 5) is 32.9. The lowest BCUT2D eigenvalue weighted by Crippen LogP contribution is -2.11. The largest absolute Gasteiger partial charge is 0.297 e. The Morgan fingerprint density at radius 1 is 1.14 bits per heavy atom. The molecule has 4 aromatic rings. The lowest BCUT2D eigenvalue weighted by molar-refractivity contribution is -0.385. The van der Waals surface area contributed by atoms with E-state index in [0.29, 0.717) is 32.5 Å². The SMILES string of the molecule is Cc1ccc(-c2csc(NC(=O)c3sc(-c4ccsc4)nc3C)n2)cc1[N+](=O)[O-]. The molecule has 0 radical (unpaired) electrons. The van der Waals surface area contributed by atoms with Gasteiger partial charge in [0.2, 0.25) is 0 Å². The van der Waals surface area contributed by atoms with E-state index in [9.17, 15) is 14.9 Å². The molecular formula is C19H14N4O3S3. The number of rotatable bonds is 5. The van der Waals surface area contributed by atoms with Crippen LogP contribution in [0.15, 0.2) is 40.4 Å². The number of carbonyl (C=O) groups is 1. The van der Waals surface area contributed by atoms with Crippen molar-refractivity contribution in [3.8, 4) is 21.8 Å². The van der Waals surface area contributed by atoms with Crippen molar-refractivity contribution in [2.45, 2.75) is 13.8 Å². The van der Waals surface area contributed by atoms with Crippen LogP contribution in [-0.2, 0) is 0 Å². The fraction of sp³-hybridized carbons (Fsp3) is 0.105. The standard InChI is InChI=1S/C19H14N4O3S3/c1-10-3-4-12(7-15(10)23(25)26)14-9-28-19(21-14)22-17(24)16-11(2)20-18(29-16)13-5-6-27-8-13/h3-9H,1-2H3,(H,21,22,24). The number of hydrogen-bond acceptors (Lipinski definition) is 8. The monoisotopic (exact) mass is 442 g/mol. The van der Waals surface area contributed by atoms with Crippen LogP contribution in [-0.4, -0.2) is 20.8 Å². The number of nitrogens with zero attached hydrogens (tertiary/aromatic N) is 3. The van der Waals surface area contributed by atoms with Gasteiger partial charge in [-0.3, -0.25) is 20.2 Å². The van der Waals surface area contributed by atoms with Gasteiger partial charge in [0.25, 0.3) is 11.6 Å². The van der Waals surface area contributed by atoms with Crippen molar-refractivity contribution in [2.75, 3.05) is 5.32 Å². The Bertz CT molecular complexity index is 1210. The van der Waals surface area contributed by atoms with E-state index >= 15 is 0 Å². The minimum absolute atomic E-state index is 0.0438. The highest BCUT2D eigenvalue weighted by molar-refractivity contribution is 7.18. The van der Waals surface area contributed by atoms with Crippen molar-refractivity contribution < 1.29 is 9.72 Å². The molecule has 0 aliphatic heterocycles. The molecule has 1 N–H and O–H groups in total. The molecule has 0 aliphatic rings. The normalized spacial score (nSPS) is 10.8. The number of benzene rings is 1. The van der Waals surface area contributed by atoms with Crippen molar-refractivity contribution in [1.29, 1.82) is 0 Å². The van der Waals surface area contributed by atoms with Crippen LogP contribution in [0.4, 0.5) is 10.8 Å². The number of nitrogens with one attached hydrogen (secondary N) is 1. The maximum atomic E-state index is 12.7. The Kier molecular flexibility index (Phi) is 5.22. The number of thiazole rings is 2. The number of nitro groups is 1. The highest BCUT2D eigenvalue weighted by atomic mass is 32.1. The number of anilines is 1. The van der Waals surface area contributed by atoms with E-state index in [0.717, 1.165) is 10.6 Å². The number of hydrogen-bond donors (Lipinski definition) is 1. The molecule has 4 rings (SSSR count). The zero-order chi connectivity index (χ0) is 20.5. The summed E-state index contributed by atoms with van der Waals surface area (Å²) in [7, 11) is 0. The van der Waals surface area contributed by atoms with E-state index in [-0.39, 0.29) is 11.6 Å². The van der Waals surface area contributed by atoms with Gasteiger partial charge in [-0.25, -0.2) is 9.97 Å². The average molecular weight is 443 g/mol. The molecule has 0 unspecified atom stereocenters. The summed E-state index contributed by atoms with van der Waals surface area (Å²) in [5, 5.41) is 20.9. The second-order valence-electron chi connectivity index (χ2n) is 6.20. The van der Waals surface area contributed by atoms with Crippen LogP contribution in [0.25, 0.3) is 21.8 Å². The van der Waals surface area contributed by atoms with Gasteiger partial charge in [-0.05, 0) is 25.3 Å². The zero-order valence-corrected chi connectivity index (χ0v) is 17.8. The molecular weight excluding hydrogens is 428 g/mol. The number of aryl methyl sites for hydroxylation is 2. The summed E-state index contributed by atoms with van der Waals surface area (Å²) >= 11 is 4.19. The highest BCUT2D eigenvalue weighted by Crippen LogP contribution is 2.32. The Morgan fingerprint density at radius 2 is 1.97 bits per heavy atom. The molecule has 0 saturated heterocycles. The van der Waals surface area contributed by atoms with Crippen LogP contribution in [0.3, 0.4) is 0 Å². The predicted octanol–water partition coefficient (Wildman–Crippen LogP) is 5.77. The van der Waals surface area contributed by atoms with Gasteiger partial charge in [0.05, 0.1) is 16.3 Å². The molecule has 1 amide bonds. The summed E-state index contributed by atoms with van der Waals surface area (Å²) in [6, 6.07) is 6.94. The van der Waals surface area contributed by atoms with Gasteiger partial charge in [-0.1, -0.05) is 12.1 Å². The average Bonchev–Trinajstić information content (AvgIpc) is 3.42. The molecule has 7 nitrogen and oxygen atoms in total. The third-order valence-corrected chi connectivity index (χ3v) is 6.84. The van der Waals surface area contributed by atoms with Crippen molar-refractivity contribution in [3.05, 3.63) is 66.7 Å². The van der Waals surface area contributed by atoms with Gasteiger partial charge in [0.1, 0.15) is 9.88 Å². The maximum absolute atomic E-state index is 12.7. The summed E-state index contributed by atoms with van der Waals surface area (Å²) in [5.41, 5.74) is 3.51. The minimum atomic E-state index is -0.411. The number of aromatic nitrogens is 2. The second kappa shape index (κ2) is 7.82. The van der Waals surface area contributed by atoms with Gasteiger partial charge in [0, 0.05) is 33.5 Å². The van der Waals surface area contributed by atoms with Crippen molar-refractivity contribution in [3.63, 3.8) is 0 Å². The van der Waals surface area contributed by atoms with E-state index in [1.165, 1.54) is 28.7 Å². The molecule has 3 heterocycles. The summed E-state index contributed by atoms with van der Waals surface area (Å²) in [6.07, 6.45) is 0. The van der Waals surface area contributed by atoms with Crippen LogP contribution in [0, 0.1) is 24.0 Å². The smallest absolute Gasteiger partial charge is 0.272 e. The lowest BCUT2D eigenvalue weighted by atomic mass is 10.1. The Morgan fingerprint density at radius 3 is 2.69 bits per heavy atom. The number of thiophene rings is 1. The maximum Gasteiger partial charge on any atom is 0.272 e. The molecule has 0 atom stereocenters. The highest BCUT2D eigenvalue weighted by Gasteiger charge is 2.19. The summed E-state index contributed by atoms with van der Waals surface area (Å²) in [5.74, 6) is -0.266. The summed E-state index contributed by atoms with van der Waals surface area (Å²) in [6.45, 7) is 3.50. The van der Waals surface area contributed by atoms with Gasteiger partial charge < -0.3 is 0 Å². The quantitative estimate of drug-likeness (QED) is 0.312. The predicted molar refractivity (Wildman–Crippen MR) is 117 cm³/mol. The van der Waals surface area contributed by atoms with Crippen LogP contribution < -0.4 is 5.32 Å². The minimum Gasteiger partial charge on any atom is -0.297 e. The molecule has 0 aliphatic carbocycles. The van der Waals surface area contributed by atoms with Gasteiger partial charge in [-0.15, -0.1) is 22.7 Å². The molecule has 0 bridgehead atoms. The van der Waals surface area contributed by atoms with Gasteiger partial charge in [0.15, 0.2) is 5.13 Å². The van der Waals surface area contributed by atoms with E-state index < -0.39 is 4.92 Å². The lowest BCUT2D eigenvalue weighted by Gasteiger charge is -2.01. The second-order valence-corrected chi connectivity index (χ2v) is 8.83. The third-order valence-electron chi connectivity index (χ3n) is 4.20. The first kappa shape index (κ1) is 19.4. The first-order valence-electron chi connectivity index (χ1n) is 8.44. The zero-order valence-electron chi connectivity index (χ0n) is 15.3. The number of nitro benzene ring substituents is 1. The van der Waals surface area contributed by atoms with Crippen LogP contribution >= 0.6 is 34.0 Å². The van der Waals surface area contributed by atoms with Gasteiger partial charge >= 0.3 is 0 Å². The molecule has 0 saturated carbocycles. The molecule has 3 aromatic heterocycles. The molecule has 10 heteroatoms. The number of carbonyl (C=O) groups excluding carboxylic acids is 1. The molecule has 146 valence electrons. The fourth-order valence-electron chi connectivity index (χ4n) is 2.70. The molecule has 29 heavy (non-hydrogen) atoms. The Balaban J connectivity index is 1.55. The van der Waals surface area contributed by atoms with Crippen LogP contribution in [0.5, 0.6) is 0 Å². The third kappa shape index (κ3) is 3.95. The van der Waals surface area contributed by atoms with Crippen molar-refractivity contribution >= 4 is 50.7 Å². The molecule has 1 aromatic carbocycles. The first-order valence-corrected chi connectivity index (χ1v) is 11.1. The summed E-state index contributed by atoms with van der Waals surface area (Å²) < 4.78 is 0. The van der Waals surface area contributed by atoms with Crippen molar-refractivity contribution in [1.82, 2.24) is 9.97 Å². The Hall–Kier alpha value is -2.95. The number of amides is 1. The topological polar surface area (TPSA) is 98.0 Å².